The molecule has 5 heteroatoms. The number of thioether (sulfide) groups is 1. The lowest BCUT2D eigenvalue weighted by molar-refractivity contribution is 0.318. The maximum Gasteiger partial charge on any atom is 0.170 e. The van der Waals surface area contributed by atoms with Gasteiger partial charge in [0.25, 0.3) is 0 Å². The van der Waals surface area contributed by atoms with Gasteiger partial charge in [-0.15, -0.1) is 0 Å². The van der Waals surface area contributed by atoms with Gasteiger partial charge in [0.1, 0.15) is 0 Å². The molecule has 0 saturated heterocycles. The van der Waals surface area contributed by atoms with Gasteiger partial charge in [0.2, 0.25) is 0 Å². The van der Waals surface area contributed by atoms with Crippen molar-refractivity contribution in [2.75, 3.05) is 18.6 Å². The highest BCUT2D eigenvalue weighted by molar-refractivity contribution is 7.98. The molecule has 1 aromatic rings. The summed E-state index contributed by atoms with van der Waals surface area (Å²) in [5.74, 6) is 1.38. The van der Waals surface area contributed by atoms with Crippen LogP contribution in [0.4, 0.5) is 0 Å². The maximum absolute atomic E-state index is 8.55. The van der Waals surface area contributed by atoms with E-state index in [2.05, 4.69) is 16.7 Å². The minimum absolute atomic E-state index is 0.145. The predicted octanol–water partition coefficient (Wildman–Crippen LogP) is 2.01. The molecule has 0 aliphatic heterocycles. The van der Waals surface area contributed by atoms with Gasteiger partial charge in [0.15, 0.2) is 5.84 Å². The number of amidine groups is 1. The van der Waals surface area contributed by atoms with E-state index in [-0.39, 0.29) is 5.84 Å². The monoisotopic (exact) mass is 267 g/mol. The van der Waals surface area contributed by atoms with Crippen molar-refractivity contribution in [2.24, 2.45) is 10.9 Å². The smallest absolute Gasteiger partial charge is 0.170 e. The van der Waals surface area contributed by atoms with E-state index in [9.17, 15) is 0 Å². The molecule has 0 aliphatic rings. The molecule has 1 aromatic carbocycles. The average molecular weight is 267 g/mol. The van der Waals surface area contributed by atoms with Crippen molar-refractivity contribution < 1.29 is 5.21 Å². The van der Waals surface area contributed by atoms with Crippen molar-refractivity contribution in [1.82, 2.24) is 5.32 Å². The summed E-state index contributed by atoms with van der Waals surface area (Å²) in [6.07, 6.45) is 4.61. The lowest BCUT2D eigenvalue weighted by Crippen LogP contribution is -2.16. The number of nitrogens with zero attached hydrogens (tertiary/aromatic N) is 1. The van der Waals surface area contributed by atoms with Crippen LogP contribution in [0.2, 0.25) is 0 Å². The first-order valence-corrected chi connectivity index (χ1v) is 7.44. The molecule has 0 amide bonds. The zero-order valence-electron chi connectivity index (χ0n) is 10.7. The van der Waals surface area contributed by atoms with E-state index < -0.39 is 0 Å². The van der Waals surface area contributed by atoms with Crippen molar-refractivity contribution in [1.29, 1.82) is 0 Å². The van der Waals surface area contributed by atoms with Crippen LogP contribution < -0.4 is 11.1 Å². The van der Waals surface area contributed by atoms with Crippen LogP contribution in [0.5, 0.6) is 0 Å². The quantitative estimate of drug-likeness (QED) is 0.221. The molecule has 0 saturated carbocycles. The molecule has 100 valence electrons. The van der Waals surface area contributed by atoms with Crippen LogP contribution in [0.3, 0.4) is 0 Å². The van der Waals surface area contributed by atoms with Crippen molar-refractivity contribution >= 4 is 17.6 Å². The molecular weight excluding hydrogens is 246 g/mol. The van der Waals surface area contributed by atoms with Crippen molar-refractivity contribution in [2.45, 2.75) is 19.4 Å². The fraction of sp³-hybridized carbons (Fsp3) is 0.462. The van der Waals surface area contributed by atoms with E-state index in [0.717, 1.165) is 18.7 Å². The Morgan fingerprint density at radius 3 is 2.67 bits per heavy atom. The van der Waals surface area contributed by atoms with Gasteiger partial charge < -0.3 is 16.3 Å². The molecule has 1 rings (SSSR count). The topological polar surface area (TPSA) is 70.6 Å². The average Bonchev–Trinajstić information content (AvgIpc) is 2.42. The number of rotatable bonds is 8. The van der Waals surface area contributed by atoms with E-state index in [1.165, 1.54) is 24.2 Å². The standard InChI is InChI=1S/C13H21N3OS/c1-18-9-3-2-8-15-10-11-4-6-12(7-5-11)13(14)16-17/h4-7,15,17H,2-3,8-10H2,1H3,(H2,14,16). The van der Waals surface area contributed by atoms with Gasteiger partial charge in [-0.05, 0) is 37.0 Å². The highest BCUT2D eigenvalue weighted by Crippen LogP contribution is 2.04. The summed E-state index contributed by atoms with van der Waals surface area (Å²) in [6, 6.07) is 7.70. The summed E-state index contributed by atoms with van der Waals surface area (Å²) in [5.41, 5.74) is 7.44. The van der Waals surface area contributed by atoms with Crippen LogP contribution in [0.15, 0.2) is 29.4 Å². The van der Waals surface area contributed by atoms with Crippen LogP contribution in [0.25, 0.3) is 0 Å². The highest BCUT2D eigenvalue weighted by Gasteiger charge is 1.98. The molecule has 18 heavy (non-hydrogen) atoms. The molecule has 0 heterocycles. The van der Waals surface area contributed by atoms with Gasteiger partial charge >= 0.3 is 0 Å². The third-order valence-electron chi connectivity index (χ3n) is 2.64. The van der Waals surface area contributed by atoms with E-state index in [1.54, 1.807) is 0 Å². The minimum atomic E-state index is 0.145. The first-order chi connectivity index (χ1) is 8.77. The van der Waals surface area contributed by atoms with Gasteiger partial charge in [0.05, 0.1) is 0 Å². The Kier molecular flexibility index (Phi) is 7.29. The van der Waals surface area contributed by atoms with E-state index in [1.807, 2.05) is 36.0 Å². The van der Waals surface area contributed by atoms with Crippen LogP contribution >= 0.6 is 11.8 Å². The SMILES string of the molecule is CSCCCCNCc1ccc(/C(N)=N/O)cc1. The van der Waals surface area contributed by atoms with Crippen molar-refractivity contribution in [3.8, 4) is 0 Å². The third kappa shape index (κ3) is 5.42. The zero-order valence-corrected chi connectivity index (χ0v) is 11.5. The molecular formula is C13H21N3OS. The first-order valence-electron chi connectivity index (χ1n) is 6.04. The van der Waals surface area contributed by atoms with Crippen molar-refractivity contribution in [3.05, 3.63) is 35.4 Å². The summed E-state index contributed by atoms with van der Waals surface area (Å²) in [6.45, 7) is 1.90. The summed E-state index contributed by atoms with van der Waals surface area (Å²) >= 11 is 1.89. The van der Waals surface area contributed by atoms with E-state index in [0.29, 0.717) is 0 Å². The van der Waals surface area contributed by atoms with E-state index in [4.69, 9.17) is 10.9 Å². The fourth-order valence-corrected chi connectivity index (χ4v) is 2.07. The van der Waals surface area contributed by atoms with Gasteiger partial charge in [-0.3, -0.25) is 0 Å². The van der Waals surface area contributed by atoms with Crippen LogP contribution in [-0.2, 0) is 6.54 Å². The first kappa shape index (κ1) is 14.9. The summed E-state index contributed by atoms with van der Waals surface area (Å²) in [7, 11) is 0. The van der Waals surface area contributed by atoms with Gasteiger partial charge in [-0.1, -0.05) is 29.4 Å². The number of hydrogen-bond acceptors (Lipinski definition) is 4. The second kappa shape index (κ2) is 8.83. The van der Waals surface area contributed by atoms with Gasteiger partial charge in [-0.25, -0.2) is 0 Å². The van der Waals surface area contributed by atoms with E-state index >= 15 is 0 Å². The molecule has 0 radical (unpaired) electrons. The lowest BCUT2D eigenvalue weighted by atomic mass is 10.1. The second-order valence-electron chi connectivity index (χ2n) is 4.06. The molecule has 0 fully saturated rings. The normalized spacial score (nSPS) is 11.7. The Bertz CT molecular complexity index is 365. The highest BCUT2D eigenvalue weighted by atomic mass is 32.2. The Morgan fingerprint density at radius 2 is 2.06 bits per heavy atom. The Hall–Kier alpha value is -1.20. The molecule has 4 N–H and O–H groups in total. The molecule has 0 spiro atoms. The van der Waals surface area contributed by atoms with Crippen LogP contribution in [0, 0.1) is 0 Å². The number of nitrogens with two attached hydrogens (primary N) is 1. The van der Waals surface area contributed by atoms with Gasteiger partial charge in [-0.2, -0.15) is 11.8 Å². The molecule has 4 nitrogen and oxygen atoms in total. The molecule has 0 atom stereocenters. The fourth-order valence-electron chi connectivity index (χ4n) is 1.58. The number of benzene rings is 1. The number of hydrogen-bond donors (Lipinski definition) is 3. The Labute approximate surface area is 113 Å². The maximum atomic E-state index is 8.55. The van der Waals surface area contributed by atoms with Crippen molar-refractivity contribution in [3.63, 3.8) is 0 Å². The number of unbranched alkanes of at least 4 members (excludes halogenated alkanes) is 1. The summed E-state index contributed by atoms with van der Waals surface area (Å²) in [5, 5.41) is 14.9. The number of nitrogens with one attached hydrogen (secondary N) is 1. The molecule has 0 unspecified atom stereocenters. The van der Waals surface area contributed by atoms with Crippen LogP contribution in [-0.4, -0.2) is 29.6 Å². The molecule has 0 aliphatic carbocycles. The third-order valence-corrected chi connectivity index (χ3v) is 3.34. The number of oxime groups is 1. The summed E-state index contributed by atoms with van der Waals surface area (Å²) < 4.78 is 0. The van der Waals surface area contributed by atoms with Gasteiger partial charge in [0, 0.05) is 12.1 Å². The molecule has 0 aromatic heterocycles. The predicted molar refractivity (Wildman–Crippen MR) is 78.3 cm³/mol. The molecule has 0 bridgehead atoms. The van der Waals surface area contributed by atoms with Crippen LogP contribution in [0.1, 0.15) is 24.0 Å². The lowest BCUT2D eigenvalue weighted by Gasteiger charge is -2.05. The Balaban J connectivity index is 2.27. The minimum Gasteiger partial charge on any atom is -0.409 e. The Morgan fingerprint density at radius 1 is 1.33 bits per heavy atom. The summed E-state index contributed by atoms with van der Waals surface area (Å²) in [4.78, 5) is 0. The largest absolute Gasteiger partial charge is 0.409 e. The zero-order chi connectivity index (χ0) is 13.2. The second-order valence-corrected chi connectivity index (χ2v) is 5.04.